The number of carbonyl (C=O) groups is 2. The molecule has 1 aromatic carbocycles. The van der Waals surface area contributed by atoms with Crippen LogP contribution in [0.5, 0.6) is 0 Å². The number of benzene rings is 1. The van der Waals surface area contributed by atoms with Crippen LogP contribution in [-0.2, 0) is 9.53 Å². The summed E-state index contributed by atoms with van der Waals surface area (Å²) in [6.07, 6.45) is 2.04. The normalized spacial score (nSPS) is 18.4. The van der Waals surface area contributed by atoms with E-state index in [1.165, 1.54) is 7.11 Å². The zero-order valence-electron chi connectivity index (χ0n) is 11.5. The molecule has 1 heterocycles. The highest BCUT2D eigenvalue weighted by Crippen LogP contribution is 2.38. The predicted molar refractivity (Wildman–Crippen MR) is 83.1 cm³/mol. The average Bonchev–Trinajstić information content (AvgIpc) is 2.85. The third-order valence-electron chi connectivity index (χ3n) is 3.12. The van der Waals surface area contributed by atoms with Gasteiger partial charge in [-0.25, -0.2) is 4.79 Å². The summed E-state index contributed by atoms with van der Waals surface area (Å²) in [4.78, 5) is 25.2. The van der Waals surface area contributed by atoms with Gasteiger partial charge in [-0.05, 0) is 24.0 Å². The number of amides is 1. The van der Waals surface area contributed by atoms with Crippen LogP contribution in [0.2, 0.25) is 0 Å². The molecule has 0 saturated carbocycles. The van der Waals surface area contributed by atoms with Gasteiger partial charge in [0.2, 0.25) is 5.91 Å². The Morgan fingerprint density at radius 2 is 2.15 bits per heavy atom. The van der Waals surface area contributed by atoms with Gasteiger partial charge in [-0.1, -0.05) is 12.1 Å². The van der Waals surface area contributed by atoms with Crippen molar-refractivity contribution in [2.24, 2.45) is 0 Å². The largest absolute Gasteiger partial charge is 0.465 e. The lowest BCUT2D eigenvalue weighted by atomic mass is 10.1. The van der Waals surface area contributed by atoms with E-state index in [0.717, 1.165) is 17.9 Å². The van der Waals surface area contributed by atoms with Gasteiger partial charge in [0.15, 0.2) is 0 Å². The Bertz CT molecular complexity index is 490. The first-order chi connectivity index (χ1) is 9.67. The summed E-state index contributed by atoms with van der Waals surface area (Å²) < 4.78 is 4.68. The van der Waals surface area contributed by atoms with E-state index in [-0.39, 0.29) is 17.3 Å². The van der Waals surface area contributed by atoms with Gasteiger partial charge < -0.3 is 9.64 Å². The molecule has 6 heteroatoms. The molecule has 0 aliphatic carbocycles. The standard InChI is InChI=1S/C14H17NO3S2/c1-18-14(17)11-5-3-10(4-6-11)13-15(7-8-19-2)12(16)9-20-13/h3-6,13H,7-9H2,1-2H3. The van der Waals surface area contributed by atoms with Crippen LogP contribution >= 0.6 is 23.5 Å². The molecule has 1 aromatic rings. The number of rotatable bonds is 5. The average molecular weight is 311 g/mol. The van der Waals surface area contributed by atoms with E-state index in [9.17, 15) is 9.59 Å². The Labute approximate surface area is 127 Å². The van der Waals surface area contributed by atoms with Gasteiger partial charge in [-0.2, -0.15) is 11.8 Å². The quantitative estimate of drug-likeness (QED) is 0.782. The monoisotopic (exact) mass is 311 g/mol. The van der Waals surface area contributed by atoms with E-state index in [0.29, 0.717) is 11.3 Å². The topological polar surface area (TPSA) is 46.6 Å². The molecule has 1 saturated heterocycles. The molecule has 0 bridgehead atoms. The highest BCUT2D eigenvalue weighted by molar-refractivity contribution is 8.00. The van der Waals surface area contributed by atoms with Crippen molar-refractivity contribution in [2.75, 3.05) is 31.4 Å². The molecule has 1 aliphatic rings. The second kappa shape index (κ2) is 7.04. The molecule has 0 radical (unpaired) electrons. The lowest BCUT2D eigenvalue weighted by Gasteiger charge is -2.24. The second-order valence-corrected chi connectivity index (χ2v) is 6.41. The number of ether oxygens (including phenoxy) is 1. The summed E-state index contributed by atoms with van der Waals surface area (Å²) in [6.45, 7) is 0.760. The van der Waals surface area contributed by atoms with Crippen molar-refractivity contribution in [2.45, 2.75) is 5.37 Å². The fourth-order valence-electron chi connectivity index (χ4n) is 2.06. The number of carbonyl (C=O) groups excluding carboxylic acids is 2. The molecular weight excluding hydrogens is 294 g/mol. The molecule has 1 aliphatic heterocycles. The molecule has 1 unspecified atom stereocenters. The lowest BCUT2D eigenvalue weighted by molar-refractivity contribution is -0.127. The molecule has 4 nitrogen and oxygen atoms in total. The van der Waals surface area contributed by atoms with Crippen LogP contribution in [0.3, 0.4) is 0 Å². The number of thioether (sulfide) groups is 2. The highest BCUT2D eigenvalue weighted by Gasteiger charge is 2.32. The molecular formula is C14H17NO3S2. The maximum Gasteiger partial charge on any atom is 0.337 e. The van der Waals surface area contributed by atoms with E-state index < -0.39 is 0 Å². The first-order valence-electron chi connectivity index (χ1n) is 6.25. The van der Waals surface area contributed by atoms with Gasteiger partial charge in [0.1, 0.15) is 5.37 Å². The van der Waals surface area contributed by atoms with Gasteiger partial charge in [0.05, 0.1) is 18.4 Å². The third kappa shape index (κ3) is 3.30. The molecule has 0 aromatic heterocycles. The molecule has 1 fully saturated rings. The first kappa shape index (κ1) is 15.3. The zero-order chi connectivity index (χ0) is 14.5. The van der Waals surface area contributed by atoms with Crippen molar-refractivity contribution < 1.29 is 14.3 Å². The van der Waals surface area contributed by atoms with Crippen molar-refractivity contribution in [3.05, 3.63) is 35.4 Å². The van der Waals surface area contributed by atoms with E-state index in [1.807, 2.05) is 23.3 Å². The van der Waals surface area contributed by atoms with Crippen LogP contribution in [0.1, 0.15) is 21.3 Å². The van der Waals surface area contributed by atoms with E-state index >= 15 is 0 Å². The highest BCUT2D eigenvalue weighted by atomic mass is 32.2. The SMILES string of the molecule is COC(=O)c1ccc(C2SCC(=O)N2CCSC)cc1. The molecule has 1 amide bonds. The van der Waals surface area contributed by atoms with Crippen LogP contribution in [0, 0.1) is 0 Å². The Hall–Kier alpha value is -1.14. The van der Waals surface area contributed by atoms with Gasteiger partial charge in [0, 0.05) is 12.3 Å². The number of nitrogens with zero attached hydrogens (tertiary/aromatic N) is 1. The number of esters is 1. The number of hydrogen-bond donors (Lipinski definition) is 0. The lowest BCUT2D eigenvalue weighted by Crippen LogP contribution is -2.30. The molecule has 20 heavy (non-hydrogen) atoms. The van der Waals surface area contributed by atoms with Gasteiger partial charge in [-0.3, -0.25) is 4.79 Å². The Morgan fingerprint density at radius 1 is 1.45 bits per heavy atom. The summed E-state index contributed by atoms with van der Waals surface area (Å²) in [5, 5.41) is 0.0568. The molecule has 1 atom stereocenters. The number of methoxy groups -OCH3 is 1. The van der Waals surface area contributed by atoms with Crippen molar-refractivity contribution in [1.29, 1.82) is 0 Å². The van der Waals surface area contributed by atoms with Gasteiger partial charge in [-0.15, -0.1) is 11.8 Å². The van der Waals surface area contributed by atoms with E-state index in [4.69, 9.17) is 0 Å². The Balaban J connectivity index is 2.13. The molecule has 108 valence electrons. The van der Waals surface area contributed by atoms with Crippen molar-refractivity contribution in [3.63, 3.8) is 0 Å². The second-order valence-electron chi connectivity index (χ2n) is 4.36. The summed E-state index contributed by atoms with van der Waals surface area (Å²) in [7, 11) is 1.37. The fourth-order valence-corrected chi connectivity index (χ4v) is 3.66. The number of hydrogen-bond acceptors (Lipinski definition) is 5. The summed E-state index contributed by atoms with van der Waals surface area (Å²) in [6, 6.07) is 7.29. The fraction of sp³-hybridized carbons (Fsp3) is 0.429. The van der Waals surface area contributed by atoms with Crippen LogP contribution < -0.4 is 0 Å². The van der Waals surface area contributed by atoms with Crippen LogP contribution in [0.25, 0.3) is 0 Å². The first-order valence-corrected chi connectivity index (χ1v) is 8.70. The van der Waals surface area contributed by atoms with Gasteiger partial charge >= 0.3 is 5.97 Å². The molecule has 0 N–H and O–H groups in total. The van der Waals surface area contributed by atoms with Crippen LogP contribution in [0.4, 0.5) is 0 Å². The van der Waals surface area contributed by atoms with Crippen LogP contribution in [0.15, 0.2) is 24.3 Å². The third-order valence-corrected chi connectivity index (χ3v) is 4.97. The van der Waals surface area contributed by atoms with E-state index in [2.05, 4.69) is 4.74 Å². The maximum atomic E-state index is 11.9. The van der Waals surface area contributed by atoms with Crippen molar-refractivity contribution >= 4 is 35.4 Å². The van der Waals surface area contributed by atoms with E-state index in [1.54, 1.807) is 35.7 Å². The summed E-state index contributed by atoms with van der Waals surface area (Å²) in [5.41, 5.74) is 1.58. The predicted octanol–water partition coefficient (Wildman–Crippen LogP) is 2.41. The Morgan fingerprint density at radius 3 is 2.75 bits per heavy atom. The van der Waals surface area contributed by atoms with Crippen molar-refractivity contribution in [3.8, 4) is 0 Å². The zero-order valence-corrected chi connectivity index (χ0v) is 13.1. The smallest absolute Gasteiger partial charge is 0.337 e. The minimum absolute atomic E-state index is 0.0568. The maximum absolute atomic E-state index is 11.9. The van der Waals surface area contributed by atoms with Crippen LogP contribution in [-0.4, -0.2) is 48.2 Å². The Kier molecular flexibility index (Phi) is 5.37. The molecule has 0 spiro atoms. The minimum atomic E-state index is -0.342. The van der Waals surface area contributed by atoms with Gasteiger partial charge in [0.25, 0.3) is 0 Å². The minimum Gasteiger partial charge on any atom is -0.465 e. The summed E-state index contributed by atoms with van der Waals surface area (Å²) in [5.74, 6) is 1.30. The summed E-state index contributed by atoms with van der Waals surface area (Å²) >= 11 is 3.37. The van der Waals surface area contributed by atoms with Crippen molar-refractivity contribution in [1.82, 2.24) is 4.90 Å². The molecule has 2 rings (SSSR count).